The summed E-state index contributed by atoms with van der Waals surface area (Å²) in [5.74, 6) is 0.808. The molecule has 0 fully saturated rings. The molecule has 0 atom stereocenters. The predicted molar refractivity (Wildman–Crippen MR) is 66.4 cm³/mol. The average molecular weight is 240 g/mol. The Balaban J connectivity index is 2.39. The van der Waals surface area contributed by atoms with E-state index in [2.05, 4.69) is 10.0 Å². The topological polar surface area (TPSA) is 50.4 Å². The van der Waals surface area contributed by atoms with Crippen molar-refractivity contribution in [3.63, 3.8) is 0 Å². The molecule has 0 aromatic heterocycles. The SMILES string of the molecule is COc1ccccc1CNCC(=O)NSC. The summed E-state index contributed by atoms with van der Waals surface area (Å²) in [5.41, 5.74) is 1.04. The van der Waals surface area contributed by atoms with E-state index in [0.717, 1.165) is 11.3 Å². The highest BCUT2D eigenvalue weighted by molar-refractivity contribution is 7.97. The number of benzene rings is 1. The highest BCUT2D eigenvalue weighted by Gasteiger charge is 2.02. The fourth-order valence-corrected chi connectivity index (χ4v) is 1.61. The number of amides is 1. The molecule has 88 valence electrons. The number of carbonyl (C=O) groups is 1. The molecule has 1 aromatic rings. The maximum atomic E-state index is 11.2. The number of hydrogen-bond donors (Lipinski definition) is 2. The van der Waals surface area contributed by atoms with Crippen LogP contribution in [-0.4, -0.2) is 25.8 Å². The lowest BCUT2D eigenvalue weighted by Gasteiger charge is -2.08. The van der Waals surface area contributed by atoms with Gasteiger partial charge in [0.2, 0.25) is 5.91 Å². The molecule has 0 bridgehead atoms. The molecule has 0 radical (unpaired) electrons. The Hall–Kier alpha value is -1.20. The van der Waals surface area contributed by atoms with E-state index in [-0.39, 0.29) is 5.91 Å². The quantitative estimate of drug-likeness (QED) is 0.733. The molecule has 0 aliphatic carbocycles. The van der Waals surface area contributed by atoms with Crippen molar-refractivity contribution >= 4 is 17.9 Å². The molecular weight excluding hydrogens is 224 g/mol. The second-order valence-electron chi connectivity index (χ2n) is 3.14. The third-order valence-electron chi connectivity index (χ3n) is 2.01. The zero-order chi connectivity index (χ0) is 11.8. The first-order chi connectivity index (χ1) is 7.77. The summed E-state index contributed by atoms with van der Waals surface area (Å²) >= 11 is 1.30. The van der Waals surface area contributed by atoms with Gasteiger partial charge in [-0.25, -0.2) is 0 Å². The molecule has 1 rings (SSSR count). The average Bonchev–Trinajstić information content (AvgIpc) is 2.30. The van der Waals surface area contributed by atoms with E-state index >= 15 is 0 Å². The molecule has 5 heteroatoms. The Kier molecular flexibility index (Phi) is 5.74. The number of ether oxygens (including phenoxy) is 1. The largest absolute Gasteiger partial charge is 0.496 e. The van der Waals surface area contributed by atoms with Crippen LogP contribution in [0, 0.1) is 0 Å². The van der Waals surface area contributed by atoms with Crippen LogP contribution in [-0.2, 0) is 11.3 Å². The zero-order valence-electron chi connectivity index (χ0n) is 9.45. The smallest absolute Gasteiger partial charge is 0.243 e. The van der Waals surface area contributed by atoms with E-state index in [1.165, 1.54) is 11.9 Å². The lowest BCUT2D eigenvalue weighted by Crippen LogP contribution is -2.29. The summed E-state index contributed by atoms with van der Waals surface area (Å²) in [6, 6.07) is 7.74. The van der Waals surface area contributed by atoms with Gasteiger partial charge in [-0.2, -0.15) is 0 Å². The van der Waals surface area contributed by atoms with Crippen LogP contribution in [0.25, 0.3) is 0 Å². The summed E-state index contributed by atoms with van der Waals surface area (Å²) in [5, 5.41) is 3.06. The summed E-state index contributed by atoms with van der Waals surface area (Å²) in [6.45, 7) is 0.921. The van der Waals surface area contributed by atoms with Crippen LogP contribution in [0.5, 0.6) is 5.75 Å². The maximum absolute atomic E-state index is 11.2. The van der Waals surface area contributed by atoms with Crippen molar-refractivity contribution < 1.29 is 9.53 Å². The molecule has 1 amide bonds. The van der Waals surface area contributed by atoms with Crippen molar-refractivity contribution in [2.24, 2.45) is 0 Å². The number of hydrogen-bond acceptors (Lipinski definition) is 4. The molecule has 1 aromatic carbocycles. The first kappa shape index (κ1) is 12.9. The highest BCUT2D eigenvalue weighted by Crippen LogP contribution is 2.16. The Labute approximate surface area is 99.9 Å². The Bertz CT molecular complexity index is 345. The second-order valence-corrected chi connectivity index (χ2v) is 3.76. The number of rotatable bonds is 6. The number of carbonyl (C=O) groups excluding carboxylic acids is 1. The third kappa shape index (κ3) is 4.12. The Morgan fingerprint density at radius 1 is 1.44 bits per heavy atom. The molecule has 0 spiro atoms. The van der Waals surface area contributed by atoms with Gasteiger partial charge >= 0.3 is 0 Å². The fourth-order valence-electron chi connectivity index (χ4n) is 1.31. The van der Waals surface area contributed by atoms with Crippen LogP contribution in [0.4, 0.5) is 0 Å². The molecular formula is C11H16N2O2S. The standard InChI is InChI=1S/C11H16N2O2S/c1-15-10-6-4-3-5-9(10)7-12-8-11(14)13-16-2/h3-6,12H,7-8H2,1-2H3,(H,13,14). The van der Waals surface area contributed by atoms with Gasteiger partial charge in [-0.1, -0.05) is 30.1 Å². The first-order valence-electron chi connectivity index (χ1n) is 4.92. The minimum absolute atomic E-state index is 0.0256. The number of nitrogens with one attached hydrogen (secondary N) is 2. The van der Waals surface area contributed by atoms with Gasteiger partial charge in [0.1, 0.15) is 5.75 Å². The maximum Gasteiger partial charge on any atom is 0.243 e. The highest BCUT2D eigenvalue weighted by atomic mass is 32.2. The van der Waals surface area contributed by atoms with Gasteiger partial charge in [0.15, 0.2) is 0 Å². The van der Waals surface area contributed by atoms with Gasteiger partial charge in [-0.15, -0.1) is 0 Å². The normalized spacial score (nSPS) is 9.88. The Morgan fingerprint density at radius 2 is 2.19 bits per heavy atom. The van der Waals surface area contributed by atoms with E-state index in [9.17, 15) is 4.79 Å². The van der Waals surface area contributed by atoms with Gasteiger partial charge in [-0.3, -0.25) is 9.52 Å². The van der Waals surface area contributed by atoms with Crippen molar-refractivity contribution in [2.75, 3.05) is 19.9 Å². The van der Waals surface area contributed by atoms with Gasteiger partial charge in [-0.05, 0) is 6.07 Å². The van der Waals surface area contributed by atoms with Gasteiger partial charge in [0.25, 0.3) is 0 Å². The van der Waals surface area contributed by atoms with E-state index in [0.29, 0.717) is 13.1 Å². The van der Waals surface area contributed by atoms with E-state index in [4.69, 9.17) is 4.74 Å². The summed E-state index contributed by atoms with van der Waals surface area (Å²) in [4.78, 5) is 11.2. The molecule has 0 saturated heterocycles. The van der Waals surface area contributed by atoms with E-state index in [1.54, 1.807) is 7.11 Å². The molecule has 0 aliphatic rings. The van der Waals surface area contributed by atoms with Crippen LogP contribution < -0.4 is 14.8 Å². The molecule has 0 heterocycles. The van der Waals surface area contributed by atoms with Crippen LogP contribution in [0.3, 0.4) is 0 Å². The van der Waals surface area contributed by atoms with Gasteiger partial charge < -0.3 is 10.1 Å². The van der Waals surface area contributed by atoms with E-state index < -0.39 is 0 Å². The van der Waals surface area contributed by atoms with Gasteiger partial charge in [0.05, 0.1) is 13.7 Å². The lowest BCUT2D eigenvalue weighted by molar-refractivity contribution is -0.118. The van der Waals surface area contributed by atoms with Crippen LogP contribution >= 0.6 is 11.9 Å². The molecule has 4 nitrogen and oxygen atoms in total. The monoisotopic (exact) mass is 240 g/mol. The van der Waals surface area contributed by atoms with Crippen LogP contribution in [0.15, 0.2) is 24.3 Å². The second kappa shape index (κ2) is 7.14. The Morgan fingerprint density at radius 3 is 2.88 bits per heavy atom. The van der Waals surface area contributed by atoms with E-state index in [1.807, 2.05) is 30.5 Å². The van der Waals surface area contributed by atoms with Crippen LogP contribution in [0.2, 0.25) is 0 Å². The zero-order valence-corrected chi connectivity index (χ0v) is 10.3. The third-order valence-corrected chi connectivity index (χ3v) is 2.44. The molecule has 0 aliphatic heterocycles. The van der Waals surface area contributed by atoms with Crippen molar-refractivity contribution in [3.05, 3.63) is 29.8 Å². The summed E-state index contributed by atoms with van der Waals surface area (Å²) in [6.07, 6.45) is 1.82. The summed E-state index contributed by atoms with van der Waals surface area (Å²) < 4.78 is 7.85. The minimum Gasteiger partial charge on any atom is -0.496 e. The van der Waals surface area contributed by atoms with Gasteiger partial charge in [0, 0.05) is 18.4 Å². The molecule has 16 heavy (non-hydrogen) atoms. The summed E-state index contributed by atoms with van der Waals surface area (Å²) in [7, 11) is 1.64. The first-order valence-corrected chi connectivity index (χ1v) is 6.15. The molecule has 2 N–H and O–H groups in total. The number of para-hydroxylation sites is 1. The minimum atomic E-state index is -0.0256. The predicted octanol–water partition coefficient (Wildman–Crippen LogP) is 1.18. The van der Waals surface area contributed by atoms with Crippen molar-refractivity contribution in [1.82, 2.24) is 10.0 Å². The molecule has 0 unspecified atom stereocenters. The van der Waals surface area contributed by atoms with Crippen molar-refractivity contribution in [1.29, 1.82) is 0 Å². The number of methoxy groups -OCH3 is 1. The van der Waals surface area contributed by atoms with Crippen molar-refractivity contribution in [2.45, 2.75) is 6.54 Å². The van der Waals surface area contributed by atoms with Crippen LogP contribution in [0.1, 0.15) is 5.56 Å². The molecule has 0 saturated carbocycles. The fraction of sp³-hybridized carbons (Fsp3) is 0.364. The lowest BCUT2D eigenvalue weighted by atomic mass is 10.2. The van der Waals surface area contributed by atoms with Crippen molar-refractivity contribution in [3.8, 4) is 5.75 Å².